The quantitative estimate of drug-likeness (QED) is 0.773. The number of amides is 1. The smallest absolute Gasteiger partial charge is 0.272 e. The molecule has 0 saturated heterocycles. The van der Waals surface area contributed by atoms with E-state index < -0.39 is 5.82 Å². The summed E-state index contributed by atoms with van der Waals surface area (Å²) in [6, 6.07) is 6.33. The van der Waals surface area contributed by atoms with Crippen LogP contribution in [0.4, 0.5) is 10.1 Å². The van der Waals surface area contributed by atoms with Crippen molar-refractivity contribution in [3.63, 3.8) is 0 Å². The van der Waals surface area contributed by atoms with E-state index in [0.29, 0.717) is 28.8 Å². The highest BCUT2D eigenvalue weighted by Gasteiger charge is 2.44. The Kier molecular flexibility index (Phi) is 5.14. The van der Waals surface area contributed by atoms with Gasteiger partial charge in [-0.15, -0.1) is 0 Å². The maximum Gasteiger partial charge on any atom is 0.272 e. The lowest BCUT2D eigenvalue weighted by Crippen LogP contribution is -2.19. The van der Waals surface area contributed by atoms with Gasteiger partial charge in [-0.1, -0.05) is 11.6 Å². The summed E-state index contributed by atoms with van der Waals surface area (Å²) < 4.78 is 15.2. The summed E-state index contributed by atoms with van der Waals surface area (Å²) in [6.45, 7) is 1.84. The van der Waals surface area contributed by atoms with Gasteiger partial charge in [0, 0.05) is 24.0 Å². The number of carbonyl (C=O) groups is 1. The van der Waals surface area contributed by atoms with Gasteiger partial charge >= 0.3 is 0 Å². The van der Waals surface area contributed by atoms with Crippen molar-refractivity contribution in [2.24, 2.45) is 18.9 Å². The van der Waals surface area contributed by atoms with Crippen LogP contribution in [0.3, 0.4) is 0 Å². The number of fused-ring (bicyclic) bond motifs is 1. The molecule has 1 heterocycles. The van der Waals surface area contributed by atoms with E-state index in [9.17, 15) is 19.6 Å². The number of benzene rings is 1. The summed E-state index contributed by atoms with van der Waals surface area (Å²) in [5.41, 5.74) is 2.96. The number of aliphatic hydroxyl groups excluding tert-OH is 1. The first-order valence-electron chi connectivity index (χ1n) is 9.83. The number of nitrogens with one attached hydrogen (secondary N) is 1. The third kappa shape index (κ3) is 3.43. The molecule has 1 amide bonds. The minimum Gasteiger partial charge on any atom is -0.393 e. The Morgan fingerprint density at radius 3 is 2.55 bits per heavy atom. The fraction of sp³-hybridized carbons (Fsp3) is 0.455. The molecule has 0 radical (unpaired) electrons. The molecule has 2 saturated carbocycles. The number of hydrogen-bond donors (Lipinski definition) is 2. The highest BCUT2D eigenvalue weighted by atomic mass is 35.5. The van der Waals surface area contributed by atoms with Crippen molar-refractivity contribution in [3.05, 3.63) is 51.6 Å². The van der Waals surface area contributed by atoms with Gasteiger partial charge in [0.05, 0.1) is 16.7 Å². The molecule has 2 N–H and O–H groups in total. The molecule has 7 heteroatoms. The zero-order valence-electron chi connectivity index (χ0n) is 16.4. The predicted octanol–water partition coefficient (Wildman–Crippen LogP) is 4.51. The van der Waals surface area contributed by atoms with Crippen LogP contribution < -0.4 is 5.32 Å². The lowest BCUT2D eigenvalue weighted by molar-refractivity contribution is 0.101. The standard InChI is InChI=1S/C22H23ClFN3O2/c1-11-17(10-25)20(14-5-12-7-16(28)8-13(12)6-14)21(27(11)2)22(29)26-15-3-4-19(24)18(23)9-15/h3-4,9,12-14,16,28H,5-8H2,1-2H3,(H,26,29). The molecule has 1 aromatic carbocycles. The molecular weight excluding hydrogens is 393 g/mol. The number of halogens is 2. The van der Waals surface area contributed by atoms with E-state index in [0.717, 1.165) is 36.9 Å². The third-order valence-corrected chi connectivity index (χ3v) is 6.92. The largest absolute Gasteiger partial charge is 0.393 e. The van der Waals surface area contributed by atoms with E-state index >= 15 is 0 Å². The molecular formula is C22H23ClFN3O2. The van der Waals surface area contributed by atoms with Crippen LogP contribution in [0.2, 0.25) is 5.02 Å². The normalized spacial score (nSPS) is 25.7. The number of rotatable bonds is 3. The Morgan fingerprint density at radius 2 is 1.97 bits per heavy atom. The molecule has 2 aliphatic carbocycles. The Hall–Kier alpha value is -2.36. The van der Waals surface area contributed by atoms with Crippen LogP contribution in [0.1, 0.15) is 58.9 Å². The van der Waals surface area contributed by atoms with Crippen LogP contribution >= 0.6 is 11.6 Å². The number of carbonyl (C=O) groups excluding carboxylic acids is 1. The third-order valence-electron chi connectivity index (χ3n) is 6.63. The van der Waals surface area contributed by atoms with Crippen LogP contribution in [0.5, 0.6) is 0 Å². The minimum absolute atomic E-state index is 0.0639. The molecule has 2 aliphatic rings. The highest BCUT2D eigenvalue weighted by molar-refractivity contribution is 6.31. The zero-order chi connectivity index (χ0) is 20.9. The van der Waals surface area contributed by atoms with E-state index in [4.69, 9.17) is 11.6 Å². The molecule has 29 heavy (non-hydrogen) atoms. The number of aliphatic hydroxyl groups is 1. The SMILES string of the molecule is Cc1c(C#N)c(C2CC3CC(O)CC3C2)c(C(=O)Nc2ccc(F)c(Cl)c2)n1C. The lowest BCUT2D eigenvalue weighted by atomic mass is 9.90. The summed E-state index contributed by atoms with van der Waals surface area (Å²) in [7, 11) is 1.78. The summed E-state index contributed by atoms with van der Waals surface area (Å²) in [5.74, 6) is 0.103. The second kappa shape index (κ2) is 7.47. The molecule has 0 aliphatic heterocycles. The topological polar surface area (TPSA) is 78.0 Å². The zero-order valence-corrected chi connectivity index (χ0v) is 17.1. The van der Waals surface area contributed by atoms with Gasteiger partial charge in [-0.3, -0.25) is 4.79 Å². The van der Waals surface area contributed by atoms with Crippen molar-refractivity contribution >= 4 is 23.2 Å². The molecule has 1 aromatic heterocycles. The van der Waals surface area contributed by atoms with Gasteiger partial charge in [0.2, 0.25) is 0 Å². The fourth-order valence-electron chi connectivity index (χ4n) is 5.23. The maximum absolute atomic E-state index is 13.4. The van der Waals surface area contributed by atoms with Gasteiger partial charge in [0.15, 0.2) is 0 Å². The van der Waals surface area contributed by atoms with Crippen molar-refractivity contribution in [2.75, 3.05) is 5.32 Å². The molecule has 2 atom stereocenters. The fourth-order valence-corrected chi connectivity index (χ4v) is 5.41. The Labute approximate surface area is 174 Å². The summed E-state index contributed by atoms with van der Waals surface area (Å²) in [4.78, 5) is 13.2. The van der Waals surface area contributed by atoms with Crippen molar-refractivity contribution in [2.45, 2.75) is 44.6 Å². The van der Waals surface area contributed by atoms with Crippen LogP contribution in [0.25, 0.3) is 0 Å². The molecule has 152 valence electrons. The Bertz CT molecular complexity index is 1010. The van der Waals surface area contributed by atoms with Crippen LogP contribution in [0, 0.1) is 35.9 Å². The van der Waals surface area contributed by atoms with Gasteiger partial charge in [0.1, 0.15) is 17.6 Å². The second-order valence-corrected chi connectivity index (χ2v) is 8.70. The van der Waals surface area contributed by atoms with E-state index in [1.807, 2.05) is 6.92 Å². The minimum atomic E-state index is -0.550. The molecule has 2 unspecified atom stereocenters. The van der Waals surface area contributed by atoms with E-state index in [1.54, 1.807) is 11.6 Å². The van der Waals surface area contributed by atoms with Crippen molar-refractivity contribution in [1.29, 1.82) is 5.26 Å². The first-order chi connectivity index (χ1) is 13.8. The van der Waals surface area contributed by atoms with E-state index in [-0.39, 0.29) is 23.0 Å². The molecule has 2 aromatic rings. The molecule has 4 rings (SSSR count). The average molecular weight is 416 g/mol. The van der Waals surface area contributed by atoms with Crippen molar-refractivity contribution < 1.29 is 14.3 Å². The molecule has 0 spiro atoms. The van der Waals surface area contributed by atoms with Gasteiger partial charge in [0.25, 0.3) is 5.91 Å². The molecule has 0 bridgehead atoms. The van der Waals surface area contributed by atoms with Gasteiger partial charge < -0.3 is 15.0 Å². The summed E-state index contributed by atoms with van der Waals surface area (Å²) in [6.07, 6.45) is 3.12. The molecule has 5 nitrogen and oxygen atoms in total. The number of hydrogen-bond acceptors (Lipinski definition) is 3. The highest BCUT2D eigenvalue weighted by Crippen LogP contribution is 2.52. The van der Waals surface area contributed by atoms with Gasteiger partial charge in [-0.2, -0.15) is 5.26 Å². The number of aromatic nitrogens is 1. The first kappa shape index (κ1) is 19.9. The lowest BCUT2D eigenvalue weighted by Gasteiger charge is -2.16. The number of nitrogens with zero attached hydrogens (tertiary/aromatic N) is 2. The summed E-state index contributed by atoms with van der Waals surface area (Å²) in [5, 5.41) is 22.4. The monoisotopic (exact) mass is 415 g/mol. The Balaban J connectivity index is 1.69. The van der Waals surface area contributed by atoms with Crippen molar-refractivity contribution in [3.8, 4) is 6.07 Å². The van der Waals surface area contributed by atoms with E-state index in [2.05, 4.69) is 11.4 Å². The van der Waals surface area contributed by atoms with Crippen LogP contribution in [-0.4, -0.2) is 21.7 Å². The molecule has 2 fully saturated rings. The predicted molar refractivity (Wildman–Crippen MR) is 108 cm³/mol. The van der Waals surface area contributed by atoms with Gasteiger partial charge in [-0.25, -0.2) is 4.39 Å². The Morgan fingerprint density at radius 1 is 1.31 bits per heavy atom. The van der Waals surface area contributed by atoms with Gasteiger partial charge in [-0.05, 0) is 68.6 Å². The van der Waals surface area contributed by atoms with Crippen LogP contribution in [0.15, 0.2) is 18.2 Å². The number of anilines is 1. The maximum atomic E-state index is 13.4. The second-order valence-electron chi connectivity index (χ2n) is 8.29. The summed E-state index contributed by atoms with van der Waals surface area (Å²) >= 11 is 5.83. The van der Waals surface area contributed by atoms with Crippen molar-refractivity contribution in [1.82, 2.24) is 4.57 Å². The van der Waals surface area contributed by atoms with Crippen LogP contribution in [-0.2, 0) is 7.05 Å². The van der Waals surface area contributed by atoms with E-state index in [1.165, 1.54) is 18.2 Å². The first-order valence-corrected chi connectivity index (χ1v) is 10.2. The average Bonchev–Trinajstić information content (AvgIpc) is 3.28. The number of nitriles is 1.